The number of nitrogens with one attached hydrogen (secondary N) is 1. The third-order valence-electron chi connectivity index (χ3n) is 6.69. The Bertz CT molecular complexity index is 1550. The van der Waals surface area contributed by atoms with Gasteiger partial charge in [0.25, 0.3) is 5.91 Å². The molecule has 1 aromatic heterocycles. The number of hydrogen-bond acceptors (Lipinski definition) is 6. The van der Waals surface area contributed by atoms with Gasteiger partial charge in [0.15, 0.2) is 0 Å². The molecule has 214 valence electrons. The van der Waals surface area contributed by atoms with Crippen LogP contribution in [0.2, 0.25) is 5.02 Å². The van der Waals surface area contributed by atoms with Gasteiger partial charge in [-0.15, -0.1) is 0 Å². The Labute approximate surface area is 239 Å². The number of fused-ring (bicyclic) bond motifs is 1. The zero-order valence-corrected chi connectivity index (χ0v) is 23.0. The van der Waals surface area contributed by atoms with E-state index in [-0.39, 0.29) is 12.2 Å². The zero-order valence-electron chi connectivity index (χ0n) is 22.3. The monoisotopic (exact) mass is 585 g/mol. The molecule has 0 spiro atoms. The van der Waals surface area contributed by atoms with E-state index in [4.69, 9.17) is 21.1 Å². The first-order chi connectivity index (χ1) is 19.7. The van der Waals surface area contributed by atoms with Gasteiger partial charge in [0.05, 0.1) is 25.0 Å². The second kappa shape index (κ2) is 11.7. The zero-order chi connectivity index (χ0) is 29.1. The molecule has 0 bridgehead atoms. The van der Waals surface area contributed by atoms with Gasteiger partial charge in [-0.1, -0.05) is 30.7 Å². The van der Waals surface area contributed by atoms with Crippen molar-refractivity contribution in [1.29, 1.82) is 0 Å². The highest BCUT2D eigenvalue weighted by atomic mass is 35.5. The SMILES string of the molecule is CCCOc1cc(Cl)ccc1C(Nc1cc(OC)cc(-n2cncn2)c1)C(=O)N1CCc2ccc(C(F)(F)F)cc21. The second-order valence-electron chi connectivity index (χ2n) is 9.45. The molecule has 0 saturated heterocycles. The van der Waals surface area contributed by atoms with Crippen molar-refractivity contribution >= 4 is 28.9 Å². The number of carbonyl (C=O) groups excluding carboxylic acids is 1. The number of hydrogen-bond donors (Lipinski definition) is 1. The number of aromatic nitrogens is 3. The molecule has 1 unspecified atom stereocenters. The van der Waals surface area contributed by atoms with E-state index < -0.39 is 23.7 Å². The minimum Gasteiger partial charge on any atom is -0.497 e. The molecule has 2 heterocycles. The molecule has 0 aliphatic carbocycles. The van der Waals surface area contributed by atoms with E-state index in [0.717, 1.165) is 18.6 Å². The van der Waals surface area contributed by atoms with Crippen LogP contribution < -0.4 is 19.7 Å². The molecule has 0 radical (unpaired) electrons. The van der Waals surface area contributed by atoms with Crippen molar-refractivity contribution < 1.29 is 27.4 Å². The largest absolute Gasteiger partial charge is 0.497 e. The number of rotatable bonds is 9. The Morgan fingerprint density at radius 2 is 1.98 bits per heavy atom. The standard InChI is InChI=1S/C29H27ClF3N5O3/c1-3-10-41-26-12-20(30)6-7-24(26)27(36-21-13-22(15-23(14-21)40-2)38-17-34-16-35-38)28(39)37-9-8-18-4-5-19(11-25(18)37)29(31,32)33/h4-7,11-17,27,36H,3,8-10H2,1-2H3. The van der Waals surface area contributed by atoms with Crippen molar-refractivity contribution in [2.24, 2.45) is 0 Å². The van der Waals surface area contributed by atoms with E-state index in [1.165, 1.54) is 35.4 Å². The van der Waals surface area contributed by atoms with Gasteiger partial charge < -0.3 is 19.7 Å². The van der Waals surface area contributed by atoms with E-state index >= 15 is 0 Å². The number of methoxy groups -OCH3 is 1. The van der Waals surface area contributed by atoms with Crippen LogP contribution in [0.3, 0.4) is 0 Å². The molecular weight excluding hydrogens is 559 g/mol. The van der Waals surface area contributed by atoms with Crippen LogP contribution in [0.5, 0.6) is 11.5 Å². The lowest BCUT2D eigenvalue weighted by Crippen LogP contribution is -2.37. The molecule has 4 aromatic rings. The first-order valence-corrected chi connectivity index (χ1v) is 13.3. The summed E-state index contributed by atoms with van der Waals surface area (Å²) < 4.78 is 53.7. The van der Waals surface area contributed by atoms with E-state index in [9.17, 15) is 18.0 Å². The average Bonchev–Trinajstić information content (AvgIpc) is 3.64. The van der Waals surface area contributed by atoms with Crippen molar-refractivity contribution in [2.75, 3.05) is 30.5 Å². The maximum absolute atomic E-state index is 14.3. The van der Waals surface area contributed by atoms with E-state index in [0.29, 0.717) is 52.1 Å². The summed E-state index contributed by atoms with van der Waals surface area (Å²) in [6, 6.07) is 12.6. The molecule has 41 heavy (non-hydrogen) atoms. The van der Waals surface area contributed by atoms with Gasteiger partial charge in [0.1, 0.15) is 30.2 Å². The summed E-state index contributed by atoms with van der Waals surface area (Å²) in [4.78, 5) is 19.7. The summed E-state index contributed by atoms with van der Waals surface area (Å²) in [5.41, 5.74) is 1.69. The number of benzene rings is 3. The molecule has 1 atom stereocenters. The maximum atomic E-state index is 14.3. The lowest BCUT2D eigenvalue weighted by atomic mass is 10.0. The third-order valence-corrected chi connectivity index (χ3v) is 6.93. The van der Waals surface area contributed by atoms with Crippen LogP contribution in [-0.2, 0) is 17.4 Å². The van der Waals surface area contributed by atoms with Crippen LogP contribution in [0.25, 0.3) is 5.69 Å². The molecule has 3 aromatic carbocycles. The Morgan fingerprint density at radius 1 is 1.15 bits per heavy atom. The van der Waals surface area contributed by atoms with Crippen LogP contribution in [-0.4, -0.2) is 40.9 Å². The van der Waals surface area contributed by atoms with Crippen LogP contribution in [0, 0.1) is 0 Å². The second-order valence-corrected chi connectivity index (χ2v) is 9.89. The number of alkyl halides is 3. The number of halogens is 4. The van der Waals surface area contributed by atoms with Crippen molar-refractivity contribution in [3.05, 3.63) is 89.0 Å². The molecule has 12 heteroatoms. The topological polar surface area (TPSA) is 81.5 Å². The van der Waals surface area contributed by atoms with Crippen LogP contribution in [0.1, 0.15) is 36.1 Å². The summed E-state index contributed by atoms with van der Waals surface area (Å²) in [6.07, 6.45) is -0.476. The lowest BCUT2D eigenvalue weighted by Gasteiger charge is -2.28. The van der Waals surface area contributed by atoms with Crippen LogP contribution in [0.4, 0.5) is 24.5 Å². The molecule has 8 nitrogen and oxygen atoms in total. The summed E-state index contributed by atoms with van der Waals surface area (Å²) in [7, 11) is 1.52. The fraction of sp³-hybridized carbons (Fsp3) is 0.276. The summed E-state index contributed by atoms with van der Waals surface area (Å²) in [6.45, 7) is 2.56. The van der Waals surface area contributed by atoms with Gasteiger partial charge in [-0.3, -0.25) is 4.79 Å². The van der Waals surface area contributed by atoms with Crippen molar-refractivity contribution in [1.82, 2.24) is 14.8 Å². The van der Waals surface area contributed by atoms with Gasteiger partial charge in [0, 0.05) is 40.6 Å². The highest BCUT2D eigenvalue weighted by molar-refractivity contribution is 6.30. The summed E-state index contributed by atoms with van der Waals surface area (Å²) >= 11 is 6.28. The normalized spacial score (nSPS) is 13.6. The fourth-order valence-corrected chi connectivity index (χ4v) is 4.88. The highest BCUT2D eigenvalue weighted by Crippen LogP contribution is 2.39. The molecule has 1 N–H and O–H groups in total. The minimum absolute atomic E-state index is 0.231. The van der Waals surface area contributed by atoms with Crippen LogP contribution in [0.15, 0.2) is 67.3 Å². The number of carbonyl (C=O) groups is 1. The maximum Gasteiger partial charge on any atom is 0.416 e. The molecule has 1 aliphatic rings. The molecule has 1 aliphatic heterocycles. The number of amides is 1. The van der Waals surface area contributed by atoms with Crippen LogP contribution >= 0.6 is 11.6 Å². The predicted molar refractivity (Wildman–Crippen MR) is 149 cm³/mol. The Hall–Kier alpha value is -4.25. The van der Waals surface area contributed by atoms with Gasteiger partial charge in [0.2, 0.25) is 0 Å². The summed E-state index contributed by atoms with van der Waals surface area (Å²) in [5, 5.41) is 7.87. The van der Waals surface area contributed by atoms with E-state index in [1.54, 1.807) is 36.4 Å². The quantitative estimate of drug-likeness (QED) is 0.242. The predicted octanol–water partition coefficient (Wildman–Crippen LogP) is 6.48. The third kappa shape index (κ3) is 6.09. The van der Waals surface area contributed by atoms with Crippen molar-refractivity contribution in [3.63, 3.8) is 0 Å². The number of nitrogens with zero attached hydrogens (tertiary/aromatic N) is 4. The van der Waals surface area contributed by atoms with Gasteiger partial charge in [-0.05, 0) is 48.7 Å². The van der Waals surface area contributed by atoms with Gasteiger partial charge in [-0.25, -0.2) is 9.67 Å². The van der Waals surface area contributed by atoms with Crippen molar-refractivity contribution in [2.45, 2.75) is 32.0 Å². The average molecular weight is 586 g/mol. The Kier molecular flexibility index (Phi) is 8.07. The first-order valence-electron chi connectivity index (χ1n) is 12.9. The number of ether oxygens (including phenoxy) is 2. The Balaban J connectivity index is 1.59. The highest BCUT2D eigenvalue weighted by Gasteiger charge is 2.36. The smallest absolute Gasteiger partial charge is 0.416 e. The molecule has 5 rings (SSSR count). The molecule has 0 fully saturated rings. The molecule has 0 saturated carbocycles. The van der Waals surface area contributed by atoms with Crippen molar-refractivity contribution in [3.8, 4) is 17.2 Å². The minimum atomic E-state index is -4.54. The molecular formula is C29H27ClF3N5O3. The summed E-state index contributed by atoms with van der Waals surface area (Å²) in [5.74, 6) is 0.441. The van der Waals surface area contributed by atoms with Gasteiger partial charge in [-0.2, -0.15) is 18.3 Å². The first kappa shape index (κ1) is 28.3. The number of anilines is 2. The lowest BCUT2D eigenvalue weighted by molar-refractivity contribution is -0.137. The van der Waals surface area contributed by atoms with Gasteiger partial charge >= 0.3 is 6.18 Å². The van der Waals surface area contributed by atoms with E-state index in [1.807, 2.05) is 6.92 Å². The van der Waals surface area contributed by atoms with E-state index in [2.05, 4.69) is 15.4 Å². The Morgan fingerprint density at radius 3 is 2.68 bits per heavy atom. The fourth-order valence-electron chi connectivity index (χ4n) is 4.72. The molecule has 1 amide bonds.